The van der Waals surface area contributed by atoms with Crippen molar-refractivity contribution in [3.63, 3.8) is 0 Å². The number of aliphatic hydroxyl groups is 1. The minimum absolute atomic E-state index is 0.308. The minimum Gasteiger partial charge on any atom is -0.387 e. The second kappa shape index (κ2) is 5.43. The van der Waals surface area contributed by atoms with Gasteiger partial charge in [-0.25, -0.2) is 9.97 Å². The van der Waals surface area contributed by atoms with Gasteiger partial charge in [-0.05, 0) is 21.0 Å². The van der Waals surface area contributed by atoms with Crippen molar-refractivity contribution in [2.75, 3.05) is 32.5 Å². The first-order valence-electron chi connectivity index (χ1n) is 4.98. The number of nitrogens with zero attached hydrogens (tertiary/aromatic N) is 3. The molecule has 1 atom stereocenters. The Morgan fingerprint density at radius 3 is 2.62 bits per heavy atom. The fourth-order valence-electron chi connectivity index (χ4n) is 1.45. The quantitative estimate of drug-likeness (QED) is 0.804. The highest BCUT2D eigenvalue weighted by molar-refractivity contribution is 6.31. The van der Waals surface area contributed by atoms with E-state index in [4.69, 9.17) is 11.6 Å². The number of likely N-dealkylation sites (N-methyl/N-ethyl adjacent to an activating group) is 1. The molecule has 1 unspecified atom stereocenters. The van der Waals surface area contributed by atoms with Crippen molar-refractivity contribution in [3.8, 4) is 0 Å². The van der Waals surface area contributed by atoms with E-state index in [2.05, 4.69) is 15.3 Å². The molecule has 6 heteroatoms. The van der Waals surface area contributed by atoms with Crippen molar-refractivity contribution in [3.05, 3.63) is 17.5 Å². The van der Waals surface area contributed by atoms with Crippen LogP contribution >= 0.6 is 11.6 Å². The van der Waals surface area contributed by atoms with Gasteiger partial charge in [0.2, 0.25) is 0 Å². The van der Waals surface area contributed by atoms with Gasteiger partial charge >= 0.3 is 0 Å². The van der Waals surface area contributed by atoms with Gasteiger partial charge in [0, 0.05) is 25.5 Å². The molecule has 1 rings (SSSR count). The Hall–Kier alpha value is -0.910. The van der Waals surface area contributed by atoms with Crippen LogP contribution in [0.15, 0.2) is 12.4 Å². The lowest BCUT2D eigenvalue weighted by atomic mass is 10.1. The van der Waals surface area contributed by atoms with Gasteiger partial charge < -0.3 is 15.3 Å². The molecule has 0 saturated heterocycles. The van der Waals surface area contributed by atoms with E-state index in [1.54, 1.807) is 13.1 Å². The first-order chi connectivity index (χ1) is 7.41. The summed E-state index contributed by atoms with van der Waals surface area (Å²) in [6.07, 6.45) is 3.07. The van der Waals surface area contributed by atoms with E-state index in [1.165, 1.54) is 6.20 Å². The van der Waals surface area contributed by atoms with Crippen molar-refractivity contribution < 1.29 is 5.11 Å². The van der Waals surface area contributed by atoms with E-state index in [9.17, 15) is 5.11 Å². The summed E-state index contributed by atoms with van der Waals surface area (Å²) in [6.45, 7) is 2.67. The average molecular weight is 245 g/mol. The van der Waals surface area contributed by atoms with Crippen LogP contribution in [0, 0.1) is 0 Å². The van der Waals surface area contributed by atoms with Crippen molar-refractivity contribution >= 4 is 17.4 Å². The molecular formula is C10H17ClN4O. The van der Waals surface area contributed by atoms with Crippen molar-refractivity contribution in [1.29, 1.82) is 0 Å². The van der Waals surface area contributed by atoms with Crippen LogP contribution in [0.5, 0.6) is 0 Å². The Bertz CT molecular complexity index is 343. The zero-order valence-corrected chi connectivity index (χ0v) is 10.5. The zero-order chi connectivity index (χ0) is 12.2. The van der Waals surface area contributed by atoms with Gasteiger partial charge in [-0.15, -0.1) is 0 Å². The van der Waals surface area contributed by atoms with E-state index in [0.717, 1.165) is 0 Å². The summed E-state index contributed by atoms with van der Waals surface area (Å²) in [5.74, 6) is 0.489. The highest BCUT2D eigenvalue weighted by Crippen LogP contribution is 2.15. The minimum atomic E-state index is -0.843. The molecule has 0 aliphatic carbocycles. The lowest BCUT2D eigenvalue weighted by molar-refractivity contribution is 0.0459. The maximum Gasteiger partial charge on any atom is 0.171 e. The lowest BCUT2D eigenvalue weighted by Crippen LogP contribution is -2.43. The standard InChI is InChI=1S/C10H17ClN4O/c1-10(16,7-15(2)3)6-14-9-8(11)12-4-5-13-9/h4-5,16H,6-7H2,1-3H3,(H,13,14). The Balaban J connectivity index is 2.54. The van der Waals surface area contributed by atoms with Crippen LogP contribution in [0.2, 0.25) is 5.15 Å². The summed E-state index contributed by atoms with van der Waals surface area (Å²) >= 11 is 5.83. The molecule has 0 aromatic carbocycles. The van der Waals surface area contributed by atoms with Gasteiger partial charge in [-0.3, -0.25) is 0 Å². The topological polar surface area (TPSA) is 61.3 Å². The third kappa shape index (κ3) is 4.30. The summed E-state index contributed by atoms with van der Waals surface area (Å²) in [6, 6.07) is 0. The molecule has 90 valence electrons. The van der Waals surface area contributed by atoms with E-state index in [1.807, 2.05) is 19.0 Å². The summed E-state index contributed by atoms with van der Waals surface area (Å²) < 4.78 is 0. The Labute approximate surface area is 100 Å². The average Bonchev–Trinajstić information content (AvgIpc) is 2.14. The van der Waals surface area contributed by atoms with E-state index in [0.29, 0.717) is 24.1 Å². The van der Waals surface area contributed by atoms with Gasteiger partial charge in [-0.1, -0.05) is 11.6 Å². The molecule has 16 heavy (non-hydrogen) atoms. The van der Waals surface area contributed by atoms with Crippen LogP contribution < -0.4 is 5.32 Å². The fourth-order valence-corrected chi connectivity index (χ4v) is 1.62. The first-order valence-corrected chi connectivity index (χ1v) is 5.36. The third-order valence-electron chi connectivity index (χ3n) is 1.95. The van der Waals surface area contributed by atoms with Crippen LogP contribution in [0.1, 0.15) is 6.92 Å². The molecule has 0 aliphatic heterocycles. The lowest BCUT2D eigenvalue weighted by Gasteiger charge is -2.27. The summed E-state index contributed by atoms with van der Waals surface area (Å²) in [7, 11) is 3.81. The van der Waals surface area contributed by atoms with Gasteiger partial charge in [-0.2, -0.15) is 0 Å². The molecule has 2 N–H and O–H groups in total. The molecule has 1 aromatic heterocycles. The fraction of sp³-hybridized carbons (Fsp3) is 0.600. The molecule has 0 saturated carbocycles. The van der Waals surface area contributed by atoms with Gasteiger partial charge in [0.1, 0.15) is 0 Å². The number of halogens is 1. The molecule has 1 aromatic rings. The normalized spacial score (nSPS) is 14.9. The van der Waals surface area contributed by atoms with Crippen molar-refractivity contribution in [2.24, 2.45) is 0 Å². The van der Waals surface area contributed by atoms with Crippen LogP contribution in [0.3, 0.4) is 0 Å². The Morgan fingerprint density at radius 2 is 2.06 bits per heavy atom. The van der Waals surface area contributed by atoms with Crippen LogP contribution in [0.25, 0.3) is 0 Å². The summed E-state index contributed by atoms with van der Waals surface area (Å²) in [5, 5.41) is 13.3. The molecule has 0 fully saturated rings. The number of hydrogen-bond acceptors (Lipinski definition) is 5. The molecule has 0 aliphatic rings. The monoisotopic (exact) mass is 244 g/mol. The van der Waals surface area contributed by atoms with Crippen LogP contribution in [-0.4, -0.2) is 52.8 Å². The van der Waals surface area contributed by atoms with Gasteiger partial charge in [0.25, 0.3) is 0 Å². The summed E-state index contributed by atoms with van der Waals surface area (Å²) in [5.41, 5.74) is -0.843. The maximum atomic E-state index is 10.0. The number of aromatic nitrogens is 2. The molecule has 0 bridgehead atoms. The summed E-state index contributed by atoms with van der Waals surface area (Å²) in [4.78, 5) is 9.84. The molecule has 0 radical (unpaired) electrons. The molecule has 5 nitrogen and oxygen atoms in total. The predicted molar refractivity (Wildman–Crippen MR) is 64.7 cm³/mol. The second-order valence-electron chi connectivity index (χ2n) is 4.28. The highest BCUT2D eigenvalue weighted by Gasteiger charge is 2.21. The molecule has 0 spiro atoms. The Morgan fingerprint density at radius 1 is 1.44 bits per heavy atom. The maximum absolute atomic E-state index is 10.0. The number of nitrogens with one attached hydrogen (secondary N) is 1. The molecule has 0 amide bonds. The van der Waals surface area contributed by atoms with Crippen molar-refractivity contribution in [2.45, 2.75) is 12.5 Å². The number of rotatable bonds is 5. The van der Waals surface area contributed by atoms with E-state index >= 15 is 0 Å². The van der Waals surface area contributed by atoms with Crippen molar-refractivity contribution in [1.82, 2.24) is 14.9 Å². The van der Waals surface area contributed by atoms with E-state index in [-0.39, 0.29) is 0 Å². The first kappa shape index (κ1) is 13.2. The van der Waals surface area contributed by atoms with Gasteiger partial charge in [0.15, 0.2) is 11.0 Å². The zero-order valence-electron chi connectivity index (χ0n) is 9.74. The second-order valence-corrected chi connectivity index (χ2v) is 4.64. The number of anilines is 1. The molecule has 1 heterocycles. The molecular weight excluding hydrogens is 228 g/mol. The van der Waals surface area contributed by atoms with Crippen LogP contribution in [-0.2, 0) is 0 Å². The van der Waals surface area contributed by atoms with E-state index < -0.39 is 5.60 Å². The third-order valence-corrected chi connectivity index (χ3v) is 2.22. The SMILES string of the molecule is CN(C)CC(C)(O)CNc1nccnc1Cl. The smallest absolute Gasteiger partial charge is 0.171 e. The number of hydrogen-bond donors (Lipinski definition) is 2. The van der Waals surface area contributed by atoms with Crippen LogP contribution in [0.4, 0.5) is 5.82 Å². The largest absolute Gasteiger partial charge is 0.387 e. The predicted octanol–water partition coefficient (Wildman–Crippen LogP) is 0.854. The Kier molecular flexibility index (Phi) is 4.46. The van der Waals surface area contributed by atoms with Gasteiger partial charge in [0.05, 0.1) is 5.60 Å². The highest BCUT2D eigenvalue weighted by atomic mass is 35.5.